The number of carbonyl (C=O) groups is 2. The van der Waals surface area contributed by atoms with Gasteiger partial charge < -0.3 is 14.0 Å². The SMILES string of the molecule is CCOc1cc(C(CS(C)(=O)=O)N2C(=O)c3cccc(-n4cccc4)c3C2=O)ccc1OC. The maximum Gasteiger partial charge on any atom is 0.264 e. The highest BCUT2D eigenvalue weighted by Gasteiger charge is 2.43. The van der Waals surface area contributed by atoms with Gasteiger partial charge in [-0.2, -0.15) is 0 Å². The molecule has 0 saturated heterocycles. The molecule has 8 nitrogen and oxygen atoms in total. The van der Waals surface area contributed by atoms with Crippen LogP contribution in [-0.4, -0.2) is 55.4 Å². The number of methoxy groups -OCH3 is 1. The average Bonchev–Trinajstić information content (AvgIpc) is 3.39. The van der Waals surface area contributed by atoms with Crippen molar-refractivity contribution in [1.29, 1.82) is 0 Å². The molecule has 0 radical (unpaired) electrons. The predicted octanol–water partition coefficient (Wildman–Crippen LogP) is 3.27. The van der Waals surface area contributed by atoms with Gasteiger partial charge in [-0.3, -0.25) is 14.5 Å². The van der Waals surface area contributed by atoms with Gasteiger partial charge in [0.2, 0.25) is 0 Å². The molecule has 2 aromatic carbocycles. The van der Waals surface area contributed by atoms with E-state index in [-0.39, 0.29) is 11.1 Å². The largest absolute Gasteiger partial charge is 0.493 e. The average molecular weight is 469 g/mol. The number of imide groups is 1. The van der Waals surface area contributed by atoms with Gasteiger partial charge in [0.15, 0.2) is 11.5 Å². The Labute approximate surface area is 192 Å². The monoisotopic (exact) mass is 468 g/mol. The summed E-state index contributed by atoms with van der Waals surface area (Å²) in [5, 5.41) is 0. The number of hydrogen-bond acceptors (Lipinski definition) is 6. The van der Waals surface area contributed by atoms with Crippen LogP contribution in [-0.2, 0) is 9.84 Å². The molecule has 1 aromatic heterocycles. The van der Waals surface area contributed by atoms with Crippen molar-refractivity contribution in [3.63, 3.8) is 0 Å². The van der Waals surface area contributed by atoms with Gasteiger partial charge in [0.25, 0.3) is 11.8 Å². The van der Waals surface area contributed by atoms with Crippen LogP contribution >= 0.6 is 0 Å². The molecule has 0 fully saturated rings. The number of sulfone groups is 1. The summed E-state index contributed by atoms with van der Waals surface area (Å²) >= 11 is 0. The highest BCUT2D eigenvalue weighted by Crippen LogP contribution is 2.38. The van der Waals surface area contributed by atoms with E-state index < -0.39 is 33.4 Å². The fourth-order valence-corrected chi connectivity index (χ4v) is 4.97. The van der Waals surface area contributed by atoms with Crippen LogP contribution in [0.5, 0.6) is 11.5 Å². The van der Waals surface area contributed by atoms with Gasteiger partial charge in [0, 0.05) is 18.6 Å². The van der Waals surface area contributed by atoms with Crippen molar-refractivity contribution < 1.29 is 27.5 Å². The van der Waals surface area contributed by atoms with Gasteiger partial charge in [-0.25, -0.2) is 8.42 Å². The van der Waals surface area contributed by atoms with Crippen molar-refractivity contribution in [1.82, 2.24) is 9.47 Å². The first-order valence-electron chi connectivity index (χ1n) is 10.4. The number of carbonyl (C=O) groups excluding carboxylic acids is 2. The molecule has 2 amide bonds. The highest BCUT2D eigenvalue weighted by molar-refractivity contribution is 7.90. The van der Waals surface area contributed by atoms with E-state index in [1.165, 1.54) is 7.11 Å². The van der Waals surface area contributed by atoms with Crippen molar-refractivity contribution in [3.05, 3.63) is 77.6 Å². The summed E-state index contributed by atoms with van der Waals surface area (Å²) in [5.74, 6) is -0.625. The third kappa shape index (κ3) is 4.23. The van der Waals surface area contributed by atoms with E-state index in [0.29, 0.717) is 29.4 Å². The Balaban J connectivity index is 1.84. The van der Waals surface area contributed by atoms with Crippen LogP contribution in [0.1, 0.15) is 39.2 Å². The van der Waals surface area contributed by atoms with Crippen molar-refractivity contribution in [2.45, 2.75) is 13.0 Å². The van der Waals surface area contributed by atoms with E-state index in [9.17, 15) is 18.0 Å². The maximum absolute atomic E-state index is 13.6. The minimum Gasteiger partial charge on any atom is -0.493 e. The molecule has 1 aliphatic rings. The minimum absolute atomic E-state index is 0.239. The summed E-state index contributed by atoms with van der Waals surface area (Å²) in [4.78, 5) is 28.0. The van der Waals surface area contributed by atoms with Crippen LogP contribution in [0.2, 0.25) is 0 Å². The smallest absolute Gasteiger partial charge is 0.264 e. The molecule has 1 aliphatic heterocycles. The van der Waals surface area contributed by atoms with E-state index in [0.717, 1.165) is 11.2 Å². The second-order valence-corrected chi connectivity index (χ2v) is 9.91. The van der Waals surface area contributed by atoms with E-state index in [2.05, 4.69) is 0 Å². The summed E-state index contributed by atoms with van der Waals surface area (Å²) in [5.41, 5.74) is 1.50. The second-order valence-electron chi connectivity index (χ2n) is 7.72. The number of hydrogen-bond donors (Lipinski definition) is 0. The maximum atomic E-state index is 13.6. The van der Waals surface area contributed by atoms with E-state index >= 15 is 0 Å². The third-order valence-corrected chi connectivity index (χ3v) is 6.37. The summed E-state index contributed by atoms with van der Waals surface area (Å²) in [6.45, 7) is 2.18. The molecule has 9 heteroatoms. The summed E-state index contributed by atoms with van der Waals surface area (Å²) < 4.78 is 37.4. The number of nitrogens with zero attached hydrogens (tertiary/aromatic N) is 2. The summed E-state index contributed by atoms with van der Waals surface area (Å²) in [7, 11) is -2.06. The lowest BCUT2D eigenvalue weighted by Crippen LogP contribution is -2.37. The fraction of sp³-hybridized carbons (Fsp3) is 0.250. The zero-order valence-electron chi connectivity index (χ0n) is 18.5. The Kier molecular flexibility index (Phi) is 5.99. The number of rotatable bonds is 8. The lowest BCUT2D eigenvalue weighted by Gasteiger charge is -2.27. The van der Waals surface area contributed by atoms with Crippen LogP contribution in [0, 0.1) is 0 Å². The molecule has 1 atom stereocenters. The molecule has 0 bridgehead atoms. The van der Waals surface area contributed by atoms with Crippen LogP contribution in [0.15, 0.2) is 60.9 Å². The van der Waals surface area contributed by atoms with Crippen LogP contribution in [0.4, 0.5) is 0 Å². The van der Waals surface area contributed by atoms with Crippen molar-refractivity contribution in [2.24, 2.45) is 0 Å². The Morgan fingerprint density at radius 3 is 2.33 bits per heavy atom. The van der Waals surface area contributed by atoms with E-state index in [1.54, 1.807) is 53.4 Å². The normalized spacial score (nSPS) is 14.3. The fourth-order valence-electron chi connectivity index (χ4n) is 4.05. The molecule has 0 aliphatic carbocycles. The molecule has 0 saturated carbocycles. The molecule has 172 valence electrons. The summed E-state index contributed by atoms with van der Waals surface area (Å²) in [6.07, 6.45) is 4.64. The molecule has 1 unspecified atom stereocenters. The van der Waals surface area contributed by atoms with Gasteiger partial charge in [0.05, 0.1) is 42.3 Å². The molecule has 0 spiro atoms. The molecular formula is C24H24N2O6S. The molecular weight excluding hydrogens is 444 g/mol. The Morgan fingerprint density at radius 2 is 1.70 bits per heavy atom. The predicted molar refractivity (Wildman–Crippen MR) is 123 cm³/mol. The number of amides is 2. The Bertz CT molecular complexity index is 1310. The zero-order valence-corrected chi connectivity index (χ0v) is 19.3. The first-order valence-corrected chi connectivity index (χ1v) is 12.4. The Morgan fingerprint density at radius 1 is 0.970 bits per heavy atom. The molecule has 3 aromatic rings. The van der Waals surface area contributed by atoms with Crippen molar-refractivity contribution in [3.8, 4) is 17.2 Å². The van der Waals surface area contributed by atoms with Crippen LogP contribution < -0.4 is 9.47 Å². The molecule has 0 N–H and O–H groups in total. The highest BCUT2D eigenvalue weighted by atomic mass is 32.2. The second kappa shape index (κ2) is 8.74. The minimum atomic E-state index is -3.56. The standard InChI is InChI=1S/C24H24N2O6S/c1-4-32-21-14-16(10-11-20(21)31-2)19(15-33(3,29)30)26-23(27)17-8-7-9-18(22(17)24(26)28)25-12-5-6-13-25/h5-14,19H,4,15H2,1-3H3. The van der Waals surface area contributed by atoms with Crippen LogP contribution in [0.3, 0.4) is 0 Å². The quantitative estimate of drug-likeness (QED) is 0.471. The van der Waals surface area contributed by atoms with Gasteiger partial charge in [-0.15, -0.1) is 0 Å². The van der Waals surface area contributed by atoms with Crippen molar-refractivity contribution in [2.75, 3.05) is 25.7 Å². The van der Waals surface area contributed by atoms with E-state index in [1.807, 2.05) is 19.1 Å². The number of aromatic nitrogens is 1. The first-order chi connectivity index (χ1) is 15.7. The molecule has 33 heavy (non-hydrogen) atoms. The topological polar surface area (TPSA) is 94.9 Å². The van der Waals surface area contributed by atoms with Crippen LogP contribution in [0.25, 0.3) is 5.69 Å². The van der Waals surface area contributed by atoms with Gasteiger partial charge in [-0.05, 0) is 48.9 Å². The van der Waals surface area contributed by atoms with Gasteiger partial charge in [-0.1, -0.05) is 12.1 Å². The van der Waals surface area contributed by atoms with Crippen molar-refractivity contribution >= 4 is 21.7 Å². The number of benzene rings is 2. The lowest BCUT2D eigenvalue weighted by molar-refractivity contribution is 0.0597. The Hall–Kier alpha value is -3.59. The third-order valence-electron chi connectivity index (χ3n) is 5.45. The first kappa shape index (κ1) is 22.6. The number of ether oxygens (including phenoxy) is 2. The van der Waals surface area contributed by atoms with Gasteiger partial charge >= 0.3 is 0 Å². The number of fused-ring (bicyclic) bond motifs is 1. The lowest BCUT2D eigenvalue weighted by atomic mass is 10.1. The summed E-state index contributed by atoms with van der Waals surface area (Å²) in [6, 6.07) is 12.5. The van der Waals surface area contributed by atoms with E-state index in [4.69, 9.17) is 9.47 Å². The molecule has 4 rings (SSSR count). The molecule has 2 heterocycles. The van der Waals surface area contributed by atoms with Gasteiger partial charge in [0.1, 0.15) is 9.84 Å². The zero-order chi connectivity index (χ0) is 23.8.